The van der Waals surface area contributed by atoms with Crippen molar-refractivity contribution in [2.45, 2.75) is 45.5 Å². The van der Waals surface area contributed by atoms with E-state index >= 15 is 0 Å². The molecular formula is C17H20BrF3N2O2. The van der Waals surface area contributed by atoms with E-state index in [4.69, 9.17) is 15.2 Å². The van der Waals surface area contributed by atoms with Crippen molar-refractivity contribution >= 4 is 26.8 Å². The third-order valence-electron chi connectivity index (χ3n) is 3.34. The highest BCUT2D eigenvalue weighted by Crippen LogP contribution is 2.43. The van der Waals surface area contributed by atoms with E-state index in [9.17, 15) is 13.2 Å². The summed E-state index contributed by atoms with van der Waals surface area (Å²) in [6.07, 6.45) is -4.34. The first-order valence-corrected chi connectivity index (χ1v) is 8.64. The van der Waals surface area contributed by atoms with Crippen LogP contribution in [0.2, 0.25) is 0 Å². The monoisotopic (exact) mass is 420 g/mol. The summed E-state index contributed by atoms with van der Waals surface area (Å²) >= 11 is 3.26. The minimum absolute atomic E-state index is 0.0707. The molecule has 2 N–H and O–H groups in total. The highest BCUT2D eigenvalue weighted by atomic mass is 79.9. The van der Waals surface area contributed by atoms with Crippen LogP contribution in [0.1, 0.15) is 32.8 Å². The molecular weight excluding hydrogens is 401 g/mol. The number of nitrogens with two attached hydrogens (primary N) is 1. The summed E-state index contributed by atoms with van der Waals surface area (Å²) in [5.41, 5.74) is 4.99. The first-order chi connectivity index (χ1) is 11.6. The van der Waals surface area contributed by atoms with E-state index in [1.165, 1.54) is 6.07 Å². The second kappa shape index (κ2) is 7.78. The highest BCUT2D eigenvalue weighted by molar-refractivity contribution is 9.10. The number of pyridine rings is 1. The molecule has 0 fully saturated rings. The predicted octanol–water partition coefficient (Wildman–Crippen LogP) is 4.92. The second-order valence-electron chi connectivity index (χ2n) is 6.06. The van der Waals surface area contributed by atoms with Gasteiger partial charge in [-0.25, -0.2) is 4.98 Å². The molecule has 2 rings (SSSR count). The fourth-order valence-electron chi connectivity index (χ4n) is 2.26. The molecule has 1 aromatic heterocycles. The zero-order valence-electron chi connectivity index (χ0n) is 14.2. The predicted molar refractivity (Wildman–Crippen MR) is 94.0 cm³/mol. The lowest BCUT2D eigenvalue weighted by Gasteiger charge is -2.18. The molecule has 0 spiro atoms. The highest BCUT2D eigenvalue weighted by Gasteiger charge is 2.35. The topological polar surface area (TPSA) is 57.4 Å². The molecule has 0 radical (unpaired) electrons. The average Bonchev–Trinajstić information content (AvgIpc) is 2.47. The zero-order chi connectivity index (χ0) is 18.8. The molecule has 8 heteroatoms. The van der Waals surface area contributed by atoms with Crippen molar-refractivity contribution in [2.75, 3.05) is 6.61 Å². The normalized spacial score (nSPS) is 13.3. The van der Waals surface area contributed by atoms with Gasteiger partial charge in [-0.1, -0.05) is 0 Å². The largest absolute Gasteiger partial charge is 0.492 e. The summed E-state index contributed by atoms with van der Waals surface area (Å²) in [5, 5.41) is -0.0948. The SMILES string of the molecule is CC(N)CCOc1c(Br)ccc2nc(OC(C)C)cc(C(F)(F)F)c12. The van der Waals surface area contributed by atoms with Gasteiger partial charge in [0.1, 0.15) is 5.75 Å². The van der Waals surface area contributed by atoms with Crippen molar-refractivity contribution in [3.63, 3.8) is 0 Å². The molecule has 0 amide bonds. The van der Waals surface area contributed by atoms with Crippen molar-refractivity contribution in [3.05, 3.63) is 28.2 Å². The number of hydrogen-bond acceptors (Lipinski definition) is 4. The Morgan fingerprint density at radius 3 is 2.48 bits per heavy atom. The van der Waals surface area contributed by atoms with Gasteiger partial charge in [0.2, 0.25) is 5.88 Å². The lowest BCUT2D eigenvalue weighted by molar-refractivity contribution is -0.136. The summed E-state index contributed by atoms with van der Waals surface area (Å²) in [5.74, 6) is 0.0350. The van der Waals surface area contributed by atoms with E-state index < -0.39 is 11.7 Å². The molecule has 4 nitrogen and oxygen atoms in total. The van der Waals surface area contributed by atoms with E-state index in [1.54, 1.807) is 26.8 Å². The summed E-state index contributed by atoms with van der Waals surface area (Å²) in [4.78, 5) is 4.19. The maximum absolute atomic E-state index is 13.6. The number of ether oxygens (including phenoxy) is 2. The number of hydrogen-bond donors (Lipinski definition) is 1. The Labute approximate surface area is 152 Å². The maximum Gasteiger partial charge on any atom is 0.417 e. The molecule has 1 aromatic carbocycles. The van der Waals surface area contributed by atoms with Crippen LogP contribution in [0.4, 0.5) is 13.2 Å². The molecule has 0 aliphatic rings. The van der Waals surface area contributed by atoms with Gasteiger partial charge < -0.3 is 15.2 Å². The Morgan fingerprint density at radius 2 is 1.92 bits per heavy atom. The van der Waals surface area contributed by atoms with Crippen LogP contribution in [0.25, 0.3) is 10.9 Å². The number of rotatable bonds is 6. The number of halogens is 4. The minimum Gasteiger partial charge on any atom is -0.492 e. The van der Waals surface area contributed by atoms with Crippen molar-refractivity contribution in [1.29, 1.82) is 0 Å². The molecule has 2 aromatic rings. The Balaban J connectivity index is 2.61. The van der Waals surface area contributed by atoms with Crippen molar-refractivity contribution in [1.82, 2.24) is 4.98 Å². The third kappa shape index (κ3) is 4.98. The van der Waals surface area contributed by atoms with Crippen LogP contribution in [0.5, 0.6) is 11.6 Å². The van der Waals surface area contributed by atoms with E-state index in [1.807, 2.05) is 0 Å². The Bertz CT molecular complexity index is 749. The number of fused-ring (bicyclic) bond motifs is 1. The Kier molecular flexibility index (Phi) is 6.16. The number of benzene rings is 1. The zero-order valence-corrected chi connectivity index (χ0v) is 15.7. The van der Waals surface area contributed by atoms with Gasteiger partial charge in [-0.3, -0.25) is 0 Å². The smallest absolute Gasteiger partial charge is 0.417 e. The van der Waals surface area contributed by atoms with Gasteiger partial charge in [0, 0.05) is 12.1 Å². The molecule has 0 saturated heterocycles. The summed E-state index contributed by atoms with van der Waals surface area (Å²) in [6.45, 7) is 5.46. The minimum atomic E-state index is -4.57. The van der Waals surface area contributed by atoms with Gasteiger partial charge >= 0.3 is 6.18 Å². The van der Waals surface area contributed by atoms with Gasteiger partial charge in [-0.2, -0.15) is 13.2 Å². The molecule has 0 aliphatic heterocycles. The van der Waals surface area contributed by atoms with Crippen LogP contribution in [-0.2, 0) is 6.18 Å². The standard InChI is InChI=1S/C17H20BrF3N2O2/c1-9(2)25-14-8-11(17(19,20)21)15-13(23-14)5-4-12(18)16(15)24-7-6-10(3)22/h4-5,8-10H,6-7,22H2,1-3H3. The molecule has 138 valence electrons. The summed E-state index contributed by atoms with van der Waals surface area (Å²) in [6, 6.07) is 3.91. The summed E-state index contributed by atoms with van der Waals surface area (Å²) in [7, 11) is 0. The van der Waals surface area contributed by atoms with Crippen molar-refractivity contribution in [2.24, 2.45) is 5.73 Å². The Hall–Kier alpha value is -1.54. The molecule has 1 unspecified atom stereocenters. The number of alkyl halides is 3. The van der Waals surface area contributed by atoms with E-state index in [0.717, 1.165) is 6.07 Å². The maximum atomic E-state index is 13.6. The van der Waals surface area contributed by atoms with Crippen LogP contribution >= 0.6 is 15.9 Å². The molecule has 1 atom stereocenters. The van der Waals surface area contributed by atoms with Crippen LogP contribution in [0.3, 0.4) is 0 Å². The molecule has 0 aliphatic carbocycles. The first kappa shape index (κ1) is 19.8. The second-order valence-corrected chi connectivity index (χ2v) is 6.91. The first-order valence-electron chi connectivity index (χ1n) is 7.85. The lowest BCUT2D eigenvalue weighted by Crippen LogP contribution is -2.18. The fraction of sp³-hybridized carbons (Fsp3) is 0.471. The van der Waals surface area contributed by atoms with Crippen molar-refractivity contribution < 1.29 is 22.6 Å². The number of nitrogens with zero attached hydrogens (tertiary/aromatic N) is 1. The molecule has 0 saturated carbocycles. The van der Waals surface area contributed by atoms with Gasteiger partial charge in [-0.05, 0) is 55.3 Å². The molecule has 25 heavy (non-hydrogen) atoms. The summed E-state index contributed by atoms with van der Waals surface area (Å²) < 4.78 is 52.3. The molecule has 0 bridgehead atoms. The van der Waals surface area contributed by atoms with Crippen LogP contribution < -0.4 is 15.2 Å². The van der Waals surface area contributed by atoms with Gasteiger partial charge in [0.05, 0.1) is 33.6 Å². The number of aromatic nitrogens is 1. The Morgan fingerprint density at radius 1 is 1.24 bits per heavy atom. The van der Waals surface area contributed by atoms with E-state index in [0.29, 0.717) is 10.9 Å². The molecule has 1 heterocycles. The van der Waals surface area contributed by atoms with E-state index in [-0.39, 0.29) is 41.3 Å². The quantitative estimate of drug-likeness (QED) is 0.720. The van der Waals surface area contributed by atoms with Crippen LogP contribution in [0, 0.1) is 0 Å². The van der Waals surface area contributed by atoms with Crippen molar-refractivity contribution in [3.8, 4) is 11.6 Å². The lowest BCUT2D eigenvalue weighted by atomic mass is 10.1. The average molecular weight is 421 g/mol. The van der Waals surface area contributed by atoms with Gasteiger partial charge in [-0.15, -0.1) is 0 Å². The van der Waals surface area contributed by atoms with Gasteiger partial charge in [0.15, 0.2) is 0 Å². The van der Waals surface area contributed by atoms with Crippen LogP contribution in [-0.4, -0.2) is 23.7 Å². The van der Waals surface area contributed by atoms with Gasteiger partial charge in [0.25, 0.3) is 0 Å². The van der Waals surface area contributed by atoms with Crippen LogP contribution in [0.15, 0.2) is 22.7 Å². The fourth-order valence-corrected chi connectivity index (χ4v) is 2.71. The third-order valence-corrected chi connectivity index (χ3v) is 3.96. The van der Waals surface area contributed by atoms with E-state index in [2.05, 4.69) is 20.9 Å².